The fourth-order valence-electron chi connectivity index (χ4n) is 0.743. The van der Waals surface area contributed by atoms with Crippen LogP contribution in [0.4, 0.5) is 0 Å². The molecule has 0 heterocycles. The lowest BCUT2D eigenvalue weighted by Gasteiger charge is -2.23. The van der Waals surface area contributed by atoms with Crippen LogP contribution in [0.25, 0.3) is 0 Å². The molecule has 0 aromatic carbocycles. The van der Waals surface area contributed by atoms with Gasteiger partial charge in [-0.05, 0) is 20.3 Å². The lowest BCUT2D eigenvalue weighted by atomic mass is 10.1. The highest BCUT2D eigenvalue weighted by Gasteiger charge is 2.27. The molecule has 0 aliphatic carbocycles. The van der Waals surface area contributed by atoms with Gasteiger partial charge in [-0.15, -0.1) is 0 Å². The van der Waals surface area contributed by atoms with E-state index in [2.05, 4.69) is 4.89 Å². The number of carbonyl (C=O) groups excluding carboxylic acids is 1. The van der Waals surface area contributed by atoms with E-state index in [0.717, 1.165) is 0 Å². The second-order valence-corrected chi connectivity index (χ2v) is 3.72. The van der Waals surface area contributed by atoms with Crippen LogP contribution in [0.3, 0.4) is 0 Å². The molecule has 0 saturated carbocycles. The van der Waals surface area contributed by atoms with Crippen molar-refractivity contribution in [2.24, 2.45) is 0 Å². The molecule has 0 fully saturated rings. The van der Waals surface area contributed by atoms with Gasteiger partial charge in [-0.1, -0.05) is 6.92 Å². The summed E-state index contributed by atoms with van der Waals surface area (Å²) in [6, 6.07) is 0. The van der Waals surface area contributed by atoms with Gasteiger partial charge in [0, 0.05) is 0 Å². The van der Waals surface area contributed by atoms with E-state index in [0.29, 0.717) is 6.42 Å². The first-order valence-electron chi connectivity index (χ1n) is 4.57. The summed E-state index contributed by atoms with van der Waals surface area (Å²) in [5.41, 5.74) is -0.643. The van der Waals surface area contributed by atoms with Crippen LogP contribution in [0, 0.1) is 0 Å². The van der Waals surface area contributed by atoms with Crippen molar-refractivity contribution >= 4 is 11.9 Å². The molecule has 15 heavy (non-hydrogen) atoms. The van der Waals surface area contributed by atoms with Crippen LogP contribution >= 0.6 is 0 Å². The van der Waals surface area contributed by atoms with Crippen molar-refractivity contribution in [3.63, 3.8) is 0 Å². The van der Waals surface area contributed by atoms with Crippen molar-refractivity contribution in [3.05, 3.63) is 0 Å². The molecule has 0 rings (SSSR count). The number of aliphatic carboxylic acids is 1. The summed E-state index contributed by atoms with van der Waals surface area (Å²) in [7, 11) is 0. The standard InChI is InChI=1S/C9H16O6/c1-4-9(2,3)14-7(10)5-6(15-13)8(11)12/h6,13H,4-5H2,1-3H3,(H,11,12). The van der Waals surface area contributed by atoms with Crippen LogP contribution in [0.2, 0.25) is 0 Å². The van der Waals surface area contributed by atoms with Crippen molar-refractivity contribution < 1.29 is 29.6 Å². The molecular formula is C9H16O6. The maximum Gasteiger partial charge on any atom is 0.336 e. The molecule has 0 bridgehead atoms. The third-order valence-electron chi connectivity index (χ3n) is 2.00. The molecule has 88 valence electrons. The summed E-state index contributed by atoms with van der Waals surface area (Å²) in [5.74, 6) is -2.13. The van der Waals surface area contributed by atoms with Crippen LogP contribution in [0.1, 0.15) is 33.6 Å². The maximum absolute atomic E-state index is 11.2. The molecule has 0 aliphatic heterocycles. The average molecular weight is 220 g/mol. The summed E-state index contributed by atoms with van der Waals surface area (Å²) < 4.78 is 4.98. The van der Waals surface area contributed by atoms with E-state index in [4.69, 9.17) is 15.1 Å². The Hall–Kier alpha value is -1.14. The fourth-order valence-corrected chi connectivity index (χ4v) is 0.743. The highest BCUT2D eigenvalue weighted by atomic mass is 17.1. The second-order valence-electron chi connectivity index (χ2n) is 3.72. The van der Waals surface area contributed by atoms with Crippen LogP contribution in [0.15, 0.2) is 0 Å². The topological polar surface area (TPSA) is 93.1 Å². The van der Waals surface area contributed by atoms with Gasteiger partial charge in [0.1, 0.15) is 5.60 Å². The monoisotopic (exact) mass is 220 g/mol. The lowest BCUT2D eigenvalue weighted by molar-refractivity contribution is -0.278. The van der Waals surface area contributed by atoms with Crippen molar-refractivity contribution in [1.29, 1.82) is 0 Å². The van der Waals surface area contributed by atoms with E-state index in [1.807, 2.05) is 6.92 Å². The molecule has 0 saturated heterocycles. The van der Waals surface area contributed by atoms with E-state index in [9.17, 15) is 9.59 Å². The van der Waals surface area contributed by atoms with Crippen molar-refractivity contribution in [3.8, 4) is 0 Å². The Bertz CT molecular complexity index is 235. The van der Waals surface area contributed by atoms with Gasteiger partial charge in [0.05, 0.1) is 6.42 Å². The van der Waals surface area contributed by atoms with Gasteiger partial charge < -0.3 is 9.84 Å². The van der Waals surface area contributed by atoms with Gasteiger partial charge in [-0.2, -0.15) is 0 Å². The van der Waals surface area contributed by atoms with E-state index in [1.54, 1.807) is 13.8 Å². The number of hydrogen-bond acceptors (Lipinski definition) is 5. The van der Waals surface area contributed by atoms with Gasteiger partial charge >= 0.3 is 11.9 Å². The Morgan fingerprint density at radius 1 is 1.40 bits per heavy atom. The zero-order chi connectivity index (χ0) is 12.1. The maximum atomic E-state index is 11.2. The smallest absolute Gasteiger partial charge is 0.336 e. The van der Waals surface area contributed by atoms with Crippen LogP contribution in [-0.4, -0.2) is 34.0 Å². The normalized spacial score (nSPS) is 13.3. The Kier molecular flexibility index (Phi) is 5.24. The number of hydrogen-bond donors (Lipinski definition) is 2. The highest BCUT2D eigenvalue weighted by molar-refractivity contribution is 5.80. The average Bonchev–Trinajstić information content (AvgIpc) is 2.13. The quantitative estimate of drug-likeness (QED) is 0.395. The summed E-state index contributed by atoms with van der Waals surface area (Å²) in [6.07, 6.45) is -1.49. The second kappa shape index (κ2) is 5.67. The van der Waals surface area contributed by atoms with E-state index >= 15 is 0 Å². The predicted molar refractivity (Wildman–Crippen MR) is 50.2 cm³/mol. The minimum absolute atomic E-state index is 0.519. The molecular weight excluding hydrogens is 204 g/mol. The zero-order valence-electron chi connectivity index (χ0n) is 9.02. The first kappa shape index (κ1) is 13.9. The predicted octanol–water partition coefficient (Wildman–Crippen LogP) is 1.05. The molecule has 0 amide bonds. The number of carboxylic acids is 1. The molecule has 6 heteroatoms. The van der Waals surface area contributed by atoms with Gasteiger partial charge in [0.15, 0.2) is 6.10 Å². The fraction of sp³-hybridized carbons (Fsp3) is 0.778. The Morgan fingerprint density at radius 2 is 1.93 bits per heavy atom. The van der Waals surface area contributed by atoms with Crippen LogP contribution in [-0.2, 0) is 19.2 Å². The van der Waals surface area contributed by atoms with Gasteiger partial charge in [0.25, 0.3) is 0 Å². The summed E-state index contributed by atoms with van der Waals surface area (Å²) >= 11 is 0. The summed E-state index contributed by atoms with van der Waals surface area (Å²) in [6.45, 7) is 5.26. The van der Waals surface area contributed by atoms with E-state index < -0.39 is 30.1 Å². The van der Waals surface area contributed by atoms with E-state index in [1.165, 1.54) is 0 Å². The molecule has 0 aromatic heterocycles. The third kappa shape index (κ3) is 5.34. The first-order valence-corrected chi connectivity index (χ1v) is 4.57. The Balaban J connectivity index is 4.19. The largest absolute Gasteiger partial charge is 0.479 e. The van der Waals surface area contributed by atoms with Crippen LogP contribution < -0.4 is 0 Å². The molecule has 2 N–H and O–H groups in total. The molecule has 1 atom stereocenters. The number of ether oxygens (including phenoxy) is 1. The highest BCUT2D eigenvalue weighted by Crippen LogP contribution is 2.15. The Labute approximate surface area is 87.7 Å². The van der Waals surface area contributed by atoms with Crippen LogP contribution in [0.5, 0.6) is 0 Å². The number of carbonyl (C=O) groups is 2. The SMILES string of the molecule is CCC(C)(C)OC(=O)CC(OO)C(=O)O. The Morgan fingerprint density at radius 3 is 2.27 bits per heavy atom. The summed E-state index contributed by atoms with van der Waals surface area (Å²) in [4.78, 5) is 25.3. The summed E-state index contributed by atoms with van der Waals surface area (Å²) in [5, 5.41) is 16.7. The molecule has 1 unspecified atom stereocenters. The van der Waals surface area contributed by atoms with E-state index in [-0.39, 0.29) is 0 Å². The molecule has 0 radical (unpaired) electrons. The third-order valence-corrected chi connectivity index (χ3v) is 2.00. The van der Waals surface area contributed by atoms with Gasteiger partial charge in [-0.3, -0.25) is 10.1 Å². The number of rotatable bonds is 6. The molecule has 0 aromatic rings. The van der Waals surface area contributed by atoms with Crippen molar-refractivity contribution in [2.45, 2.75) is 45.3 Å². The van der Waals surface area contributed by atoms with Crippen molar-refractivity contribution in [1.82, 2.24) is 0 Å². The number of carboxylic acid groups (broad SMARTS) is 1. The van der Waals surface area contributed by atoms with Gasteiger partial charge in [-0.25, -0.2) is 9.68 Å². The van der Waals surface area contributed by atoms with Gasteiger partial charge in [0.2, 0.25) is 0 Å². The molecule has 6 nitrogen and oxygen atoms in total. The first-order chi connectivity index (χ1) is 6.82. The minimum Gasteiger partial charge on any atom is -0.479 e. The lowest BCUT2D eigenvalue weighted by Crippen LogP contribution is -2.32. The van der Waals surface area contributed by atoms with Crippen molar-refractivity contribution in [2.75, 3.05) is 0 Å². The zero-order valence-corrected chi connectivity index (χ0v) is 9.02. The molecule has 0 aliphatic rings. The molecule has 0 spiro atoms. The minimum atomic E-state index is -1.58. The number of esters is 1.